The third-order valence-electron chi connectivity index (χ3n) is 2.77. The van der Waals surface area contributed by atoms with E-state index >= 15 is 0 Å². The molecule has 2 rings (SSSR count). The standard InChI is InChI=1S/C13H14ClNO2S/c1-2-15(8-12(16)17)7-11-13(14)9-5-3-4-6-10(9)18-11/h3-6H,2,7-8H2,1H3,(H,16,17). The van der Waals surface area contributed by atoms with E-state index in [4.69, 9.17) is 16.7 Å². The molecule has 1 aromatic carbocycles. The van der Waals surface area contributed by atoms with Crippen LogP contribution in [-0.4, -0.2) is 29.1 Å². The van der Waals surface area contributed by atoms with E-state index in [9.17, 15) is 4.79 Å². The van der Waals surface area contributed by atoms with Gasteiger partial charge in [-0.25, -0.2) is 0 Å². The summed E-state index contributed by atoms with van der Waals surface area (Å²) in [5.41, 5.74) is 0. The zero-order chi connectivity index (χ0) is 13.1. The lowest BCUT2D eigenvalue weighted by Crippen LogP contribution is -2.28. The number of benzene rings is 1. The van der Waals surface area contributed by atoms with Crippen LogP contribution in [-0.2, 0) is 11.3 Å². The van der Waals surface area contributed by atoms with Gasteiger partial charge in [-0.15, -0.1) is 11.3 Å². The largest absolute Gasteiger partial charge is 0.480 e. The summed E-state index contributed by atoms with van der Waals surface area (Å²) >= 11 is 7.96. The van der Waals surface area contributed by atoms with Crippen molar-refractivity contribution in [2.45, 2.75) is 13.5 Å². The molecule has 0 spiro atoms. The van der Waals surface area contributed by atoms with Crippen LogP contribution in [0.5, 0.6) is 0 Å². The van der Waals surface area contributed by atoms with Crippen LogP contribution in [0.3, 0.4) is 0 Å². The summed E-state index contributed by atoms with van der Waals surface area (Å²) < 4.78 is 1.14. The van der Waals surface area contributed by atoms with Crippen LogP contribution < -0.4 is 0 Å². The van der Waals surface area contributed by atoms with Gasteiger partial charge >= 0.3 is 5.97 Å². The molecule has 0 unspecified atom stereocenters. The predicted octanol–water partition coefficient (Wildman–Crippen LogP) is 3.46. The molecule has 1 N–H and O–H groups in total. The van der Waals surface area contributed by atoms with Crippen LogP contribution in [0.15, 0.2) is 24.3 Å². The highest BCUT2D eigenvalue weighted by Crippen LogP contribution is 2.35. The third kappa shape index (κ3) is 2.83. The maximum Gasteiger partial charge on any atom is 0.317 e. The molecule has 0 atom stereocenters. The molecule has 18 heavy (non-hydrogen) atoms. The second-order valence-electron chi connectivity index (χ2n) is 4.03. The minimum Gasteiger partial charge on any atom is -0.480 e. The van der Waals surface area contributed by atoms with Crippen molar-refractivity contribution in [1.82, 2.24) is 4.90 Å². The normalized spacial score (nSPS) is 11.3. The number of fused-ring (bicyclic) bond motifs is 1. The van der Waals surface area contributed by atoms with Crippen molar-refractivity contribution in [3.05, 3.63) is 34.2 Å². The van der Waals surface area contributed by atoms with Gasteiger partial charge in [0.05, 0.1) is 11.6 Å². The highest BCUT2D eigenvalue weighted by molar-refractivity contribution is 7.19. The first-order chi connectivity index (χ1) is 8.61. The molecule has 0 aliphatic rings. The molecule has 0 aliphatic carbocycles. The Morgan fingerprint density at radius 1 is 1.44 bits per heavy atom. The van der Waals surface area contributed by atoms with Crippen LogP contribution in [0, 0.1) is 0 Å². The van der Waals surface area contributed by atoms with Crippen molar-refractivity contribution < 1.29 is 9.90 Å². The van der Waals surface area contributed by atoms with Gasteiger partial charge in [0.15, 0.2) is 0 Å². The van der Waals surface area contributed by atoms with Gasteiger partial charge in [-0.05, 0) is 12.6 Å². The Hall–Kier alpha value is -1.10. The van der Waals surface area contributed by atoms with E-state index in [1.54, 1.807) is 11.3 Å². The van der Waals surface area contributed by atoms with Gasteiger partial charge in [0, 0.05) is 21.5 Å². The maximum atomic E-state index is 10.7. The van der Waals surface area contributed by atoms with E-state index in [1.165, 1.54) is 0 Å². The molecule has 3 nitrogen and oxygen atoms in total. The number of rotatable bonds is 5. The second-order valence-corrected chi connectivity index (χ2v) is 5.55. The summed E-state index contributed by atoms with van der Waals surface area (Å²) in [5.74, 6) is -0.811. The molecule has 96 valence electrons. The van der Waals surface area contributed by atoms with Gasteiger partial charge in [0.2, 0.25) is 0 Å². The predicted molar refractivity (Wildman–Crippen MR) is 75.4 cm³/mol. The van der Waals surface area contributed by atoms with E-state index in [0.29, 0.717) is 13.1 Å². The first kappa shape index (κ1) is 13.3. The number of aliphatic carboxylic acids is 1. The maximum absolute atomic E-state index is 10.7. The van der Waals surface area contributed by atoms with Crippen molar-refractivity contribution in [2.75, 3.05) is 13.1 Å². The fourth-order valence-electron chi connectivity index (χ4n) is 1.84. The minimum absolute atomic E-state index is 0.0427. The summed E-state index contributed by atoms with van der Waals surface area (Å²) in [6.07, 6.45) is 0. The number of carboxylic acids is 1. The fraction of sp³-hybridized carbons (Fsp3) is 0.308. The lowest BCUT2D eigenvalue weighted by molar-refractivity contribution is -0.138. The van der Waals surface area contributed by atoms with Gasteiger partial charge in [-0.3, -0.25) is 9.69 Å². The van der Waals surface area contributed by atoms with E-state index in [2.05, 4.69) is 0 Å². The van der Waals surface area contributed by atoms with Crippen molar-refractivity contribution in [3.63, 3.8) is 0 Å². The molecular formula is C13H14ClNO2S. The van der Waals surface area contributed by atoms with Gasteiger partial charge < -0.3 is 5.11 Å². The van der Waals surface area contributed by atoms with Gasteiger partial charge in [0.1, 0.15) is 0 Å². The summed E-state index contributed by atoms with van der Waals surface area (Å²) in [7, 11) is 0. The van der Waals surface area contributed by atoms with Gasteiger partial charge in [-0.1, -0.05) is 36.7 Å². The molecule has 0 radical (unpaired) electrons. The number of thiophene rings is 1. The number of carbonyl (C=O) groups is 1. The number of likely N-dealkylation sites (N-methyl/N-ethyl adjacent to an activating group) is 1. The quantitative estimate of drug-likeness (QED) is 0.913. The van der Waals surface area contributed by atoms with Crippen LogP contribution in [0.1, 0.15) is 11.8 Å². The van der Waals surface area contributed by atoms with E-state index in [-0.39, 0.29) is 6.54 Å². The molecule has 1 heterocycles. The second kappa shape index (κ2) is 5.69. The lowest BCUT2D eigenvalue weighted by atomic mass is 10.2. The Morgan fingerprint density at radius 3 is 2.78 bits per heavy atom. The van der Waals surface area contributed by atoms with E-state index in [0.717, 1.165) is 20.0 Å². The van der Waals surface area contributed by atoms with E-state index < -0.39 is 5.97 Å². The van der Waals surface area contributed by atoms with Gasteiger partial charge in [0.25, 0.3) is 0 Å². The molecule has 5 heteroatoms. The zero-order valence-corrected chi connectivity index (χ0v) is 11.6. The lowest BCUT2D eigenvalue weighted by Gasteiger charge is -2.16. The van der Waals surface area contributed by atoms with Crippen molar-refractivity contribution in [1.29, 1.82) is 0 Å². The van der Waals surface area contributed by atoms with Crippen LogP contribution >= 0.6 is 22.9 Å². The van der Waals surface area contributed by atoms with Crippen molar-refractivity contribution in [3.8, 4) is 0 Å². The van der Waals surface area contributed by atoms with Crippen LogP contribution in [0.4, 0.5) is 0 Å². The molecule has 0 aliphatic heterocycles. The first-order valence-corrected chi connectivity index (χ1v) is 6.91. The third-order valence-corrected chi connectivity index (χ3v) is 4.47. The molecule has 0 bridgehead atoms. The molecule has 0 saturated heterocycles. The summed E-state index contributed by atoms with van der Waals surface area (Å²) in [5, 5.41) is 10.6. The SMILES string of the molecule is CCN(CC(=O)O)Cc1sc2ccccc2c1Cl. The van der Waals surface area contributed by atoms with E-state index in [1.807, 2.05) is 36.1 Å². The minimum atomic E-state index is -0.811. The Labute approximate surface area is 115 Å². The summed E-state index contributed by atoms with van der Waals surface area (Å²) in [6.45, 7) is 3.27. The number of nitrogens with zero attached hydrogens (tertiary/aromatic N) is 1. The Morgan fingerprint density at radius 2 is 2.17 bits per heavy atom. The first-order valence-electron chi connectivity index (χ1n) is 5.72. The topological polar surface area (TPSA) is 40.5 Å². The monoisotopic (exact) mass is 283 g/mol. The number of hydrogen-bond acceptors (Lipinski definition) is 3. The number of carboxylic acid groups (broad SMARTS) is 1. The average molecular weight is 284 g/mol. The highest BCUT2D eigenvalue weighted by Gasteiger charge is 2.14. The Bertz CT molecular complexity index is 567. The molecular weight excluding hydrogens is 270 g/mol. The highest BCUT2D eigenvalue weighted by atomic mass is 35.5. The summed E-state index contributed by atoms with van der Waals surface area (Å²) in [4.78, 5) is 13.6. The molecule has 0 fully saturated rings. The van der Waals surface area contributed by atoms with Crippen molar-refractivity contribution in [2.24, 2.45) is 0 Å². The average Bonchev–Trinajstić information content (AvgIpc) is 2.66. The number of halogens is 1. The summed E-state index contributed by atoms with van der Waals surface area (Å²) in [6, 6.07) is 7.96. The number of hydrogen-bond donors (Lipinski definition) is 1. The molecule has 2 aromatic rings. The molecule has 0 amide bonds. The van der Waals surface area contributed by atoms with Crippen LogP contribution in [0.25, 0.3) is 10.1 Å². The zero-order valence-electron chi connectivity index (χ0n) is 10.0. The molecule has 0 saturated carbocycles. The van der Waals surface area contributed by atoms with Gasteiger partial charge in [-0.2, -0.15) is 0 Å². The fourth-order valence-corrected chi connectivity index (χ4v) is 3.38. The van der Waals surface area contributed by atoms with Crippen molar-refractivity contribution >= 4 is 39.0 Å². The smallest absolute Gasteiger partial charge is 0.317 e. The Balaban J connectivity index is 2.25. The molecule has 1 aromatic heterocycles. The Kier molecular flexibility index (Phi) is 4.22. The van der Waals surface area contributed by atoms with Crippen LogP contribution in [0.2, 0.25) is 5.02 Å².